The van der Waals surface area contributed by atoms with Crippen molar-refractivity contribution in [2.45, 2.75) is 22.7 Å². The van der Waals surface area contributed by atoms with Crippen molar-refractivity contribution in [1.29, 1.82) is 0 Å². The molecule has 1 saturated heterocycles. The van der Waals surface area contributed by atoms with Gasteiger partial charge in [0, 0.05) is 0 Å². The number of benzene rings is 1. The second-order valence-electron chi connectivity index (χ2n) is 5.34. The highest BCUT2D eigenvalue weighted by Gasteiger charge is 2.43. The Morgan fingerprint density at radius 2 is 1.92 bits per heavy atom. The summed E-state index contributed by atoms with van der Waals surface area (Å²) in [5, 5.41) is 23.9. The van der Waals surface area contributed by atoms with Gasteiger partial charge in [0.25, 0.3) is 0 Å². The first-order valence-corrected chi connectivity index (χ1v) is 8.16. The number of nitrogens with one attached hydrogen (secondary N) is 2. The minimum atomic E-state index is -1.49. The predicted octanol–water partition coefficient (Wildman–Crippen LogP) is -2.03. The minimum Gasteiger partial charge on any atom is -0.543 e. The van der Waals surface area contributed by atoms with Gasteiger partial charge in [-0.2, -0.15) is 0 Å². The lowest BCUT2D eigenvalue weighted by molar-refractivity contribution is -0.294. The number of nitrogens with zero attached hydrogens (tertiary/aromatic N) is 1. The van der Waals surface area contributed by atoms with Gasteiger partial charge in [-0.3, -0.25) is 14.6 Å². The maximum Gasteiger partial charge on any atom is 0.247 e. The van der Waals surface area contributed by atoms with Gasteiger partial charge in [0.05, 0.1) is 23.5 Å². The van der Waals surface area contributed by atoms with E-state index in [2.05, 4.69) is 15.6 Å². The third kappa shape index (κ3) is 3.00. The number of aliphatic hydroxyl groups is 1. The molecule has 1 aromatic rings. The van der Waals surface area contributed by atoms with Crippen LogP contribution in [0.3, 0.4) is 0 Å². The number of carboxylic acids is 1. The van der Waals surface area contributed by atoms with Gasteiger partial charge < -0.3 is 25.6 Å². The highest BCUT2D eigenvalue weighted by atomic mass is 32.2. The fourth-order valence-corrected chi connectivity index (χ4v) is 3.86. The zero-order valence-electron chi connectivity index (χ0n) is 12.3. The Morgan fingerprint density at radius 3 is 2.50 bits per heavy atom. The van der Waals surface area contributed by atoms with E-state index in [4.69, 9.17) is 0 Å². The van der Waals surface area contributed by atoms with Crippen LogP contribution in [0.4, 0.5) is 0 Å². The molecule has 4 atom stereocenters. The number of rotatable bonds is 4. The molecule has 1 fully saturated rings. The molecule has 0 aliphatic carbocycles. The number of carbonyl (C=O) groups excluding carboxylic acids is 3. The van der Waals surface area contributed by atoms with Crippen LogP contribution in [0.2, 0.25) is 0 Å². The first-order valence-electron chi connectivity index (χ1n) is 7.22. The zero-order chi connectivity index (χ0) is 17.3. The molecule has 2 aliphatic rings. The maximum absolute atomic E-state index is 12.3. The standard InChI is InChI=1S/C15H15N3O5S/c19-6-8-10(15(22)23)18-14(24-8)11-13(21)16-9(12(20)17-11)7-4-2-1-3-5-7/h1-5,8-9,11,14,19H,6H2,(H,16,21)(H,17,20)(H,22,23)/p-1/t8-,9-,11+,14+/m1/s1. The first kappa shape index (κ1) is 16.5. The van der Waals surface area contributed by atoms with E-state index in [1.54, 1.807) is 30.3 Å². The Kier molecular flexibility index (Phi) is 4.54. The normalized spacial score (nSPS) is 29.6. The third-order valence-corrected chi connectivity index (χ3v) is 5.15. The van der Waals surface area contributed by atoms with E-state index >= 15 is 0 Å². The van der Waals surface area contributed by atoms with Gasteiger partial charge in [0.15, 0.2) is 0 Å². The molecule has 0 aromatic heterocycles. The number of hydrogen-bond donors (Lipinski definition) is 3. The summed E-state index contributed by atoms with van der Waals surface area (Å²) in [6, 6.07) is 6.96. The molecule has 0 unspecified atom stereocenters. The Morgan fingerprint density at radius 1 is 1.21 bits per heavy atom. The lowest BCUT2D eigenvalue weighted by Crippen LogP contribution is -2.60. The van der Waals surface area contributed by atoms with E-state index in [-0.39, 0.29) is 5.71 Å². The molecule has 9 heteroatoms. The smallest absolute Gasteiger partial charge is 0.247 e. The molecule has 0 bridgehead atoms. The fraction of sp³-hybridized carbons (Fsp3) is 0.333. The first-order chi connectivity index (χ1) is 11.5. The molecule has 2 amide bonds. The number of aliphatic imine (C=N–C) groups is 1. The lowest BCUT2D eigenvalue weighted by atomic mass is 10.0. The molecule has 0 saturated carbocycles. The van der Waals surface area contributed by atoms with Crippen molar-refractivity contribution in [3.05, 3.63) is 35.9 Å². The average Bonchev–Trinajstić information content (AvgIpc) is 3.02. The highest BCUT2D eigenvalue weighted by Crippen LogP contribution is 2.31. The summed E-state index contributed by atoms with van der Waals surface area (Å²) < 4.78 is 0. The number of aliphatic hydroxyl groups excluding tert-OH is 1. The molecule has 126 valence electrons. The quantitative estimate of drug-likeness (QED) is 0.575. The van der Waals surface area contributed by atoms with Crippen LogP contribution in [0.1, 0.15) is 11.6 Å². The van der Waals surface area contributed by atoms with Crippen LogP contribution in [-0.4, -0.2) is 51.9 Å². The molecule has 3 N–H and O–H groups in total. The fourth-order valence-electron chi connectivity index (χ4n) is 2.63. The van der Waals surface area contributed by atoms with Gasteiger partial charge in [-0.05, 0) is 5.56 Å². The molecule has 2 aliphatic heterocycles. The number of aliphatic carboxylic acids is 1. The maximum atomic E-state index is 12.3. The van der Waals surface area contributed by atoms with E-state index in [9.17, 15) is 24.6 Å². The summed E-state index contributed by atoms with van der Waals surface area (Å²) in [5.41, 5.74) is 0.341. The van der Waals surface area contributed by atoms with Crippen LogP contribution in [0.5, 0.6) is 0 Å². The summed E-state index contributed by atoms with van der Waals surface area (Å²) in [7, 11) is 0. The van der Waals surface area contributed by atoms with Crippen LogP contribution in [0.15, 0.2) is 35.3 Å². The SMILES string of the molecule is O=C([O-])C1=N[C@H]([C@H]2NC(=O)[C@@H](c3ccccc3)NC2=O)S[C@@H]1CO. The summed E-state index contributed by atoms with van der Waals surface area (Å²) in [5.74, 6) is -2.35. The van der Waals surface area contributed by atoms with Gasteiger partial charge in [-0.15, -0.1) is 11.8 Å². The summed E-state index contributed by atoms with van der Waals surface area (Å²) in [4.78, 5) is 39.6. The van der Waals surface area contributed by atoms with Crippen LogP contribution >= 0.6 is 11.8 Å². The largest absolute Gasteiger partial charge is 0.543 e. The van der Waals surface area contributed by atoms with E-state index in [0.717, 1.165) is 11.8 Å². The molecule has 0 spiro atoms. The van der Waals surface area contributed by atoms with Crippen molar-refractivity contribution in [2.75, 3.05) is 6.61 Å². The van der Waals surface area contributed by atoms with Crippen LogP contribution in [-0.2, 0) is 14.4 Å². The molecule has 8 nitrogen and oxygen atoms in total. The van der Waals surface area contributed by atoms with E-state index in [1.165, 1.54) is 0 Å². The number of carbonyl (C=O) groups is 3. The summed E-state index contributed by atoms with van der Waals surface area (Å²) in [6.07, 6.45) is 0. The minimum absolute atomic E-state index is 0.306. The predicted molar refractivity (Wildman–Crippen MR) is 84.0 cm³/mol. The number of amides is 2. The lowest BCUT2D eigenvalue weighted by Gasteiger charge is -2.31. The molecule has 3 rings (SSSR count). The average molecular weight is 348 g/mol. The van der Waals surface area contributed by atoms with Crippen LogP contribution in [0, 0.1) is 0 Å². The van der Waals surface area contributed by atoms with Crippen molar-refractivity contribution in [3.63, 3.8) is 0 Å². The van der Waals surface area contributed by atoms with Gasteiger partial charge >= 0.3 is 0 Å². The van der Waals surface area contributed by atoms with Gasteiger partial charge in [-0.25, -0.2) is 0 Å². The van der Waals surface area contributed by atoms with Crippen molar-refractivity contribution >= 4 is 35.3 Å². The number of thioether (sulfide) groups is 1. The summed E-state index contributed by atoms with van der Waals surface area (Å²) in [6.45, 7) is -0.442. The third-order valence-electron chi connectivity index (χ3n) is 3.80. The van der Waals surface area contributed by atoms with Gasteiger partial charge in [0.2, 0.25) is 11.8 Å². The Balaban J connectivity index is 1.77. The second kappa shape index (κ2) is 6.62. The molecular formula is C15H14N3O5S-. The molecule has 24 heavy (non-hydrogen) atoms. The molecular weight excluding hydrogens is 334 g/mol. The number of piperazine rings is 1. The van der Waals surface area contributed by atoms with Crippen molar-refractivity contribution in [3.8, 4) is 0 Å². The Hall–Kier alpha value is -2.39. The topological polar surface area (TPSA) is 131 Å². The van der Waals surface area contributed by atoms with E-state index in [1.807, 2.05) is 0 Å². The van der Waals surface area contributed by atoms with Crippen molar-refractivity contribution in [1.82, 2.24) is 10.6 Å². The molecule has 2 heterocycles. The van der Waals surface area contributed by atoms with Gasteiger partial charge in [-0.1, -0.05) is 30.3 Å². The van der Waals surface area contributed by atoms with Gasteiger partial charge in [0.1, 0.15) is 17.5 Å². The van der Waals surface area contributed by atoms with Crippen LogP contribution in [0.25, 0.3) is 0 Å². The Labute approximate surface area is 141 Å². The summed E-state index contributed by atoms with van der Waals surface area (Å²) >= 11 is 1.01. The molecule has 1 aromatic carbocycles. The highest BCUT2D eigenvalue weighted by molar-refractivity contribution is 8.01. The van der Waals surface area contributed by atoms with Crippen LogP contribution < -0.4 is 15.7 Å². The Bertz CT molecular complexity index is 708. The zero-order valence-corrected chi connectivity index (χ0v) is 13.2. The van der Waals surface area contributed by atoms with E-state index in [0.29, 0.717) is 5.56 Å². The second-order valence-corrected chi connectivity index (χ2v) is 6.66. The van der Waals surface area contributed by atoms with E-state index < -0.39 is 47.1 Å². The monoisotopic (exact) mass is 348 g/mol. The molecule has 0 radical (unpaired) electrons. The van der Waals surface area contributed by atoms with Crippen molar-refractivity contribution in [2.24, 2.45) is 4.99 Å². The number of carboxylic acid groups (broad SMARTS) is 1. The van der Waals surface area contributed by atoms with Crippen molar-refractivity contribution < 1.29 is 24.6 Å². The number of hydrogen-bond acceptors (Lipinski definition) is 7.